The van der Waals surface area contributed by atoms with Crippen LogP contribution in [0.3, 0.4) is 0 Å². The molecule has 3 rings (SSSR count). The van der Waals surface area contributed by atoms with Crippen molar-refractivity contribution in [2.24, 2.45) is 5.10 Å². The molecular weight excluding hydrogens is 380 g/mol. The first-order valence-corrected chi connectivity index (χ1v) is 8.68. The molecule has 9 heteroatoms. The maximum atomic E-state index is 5.46. The van der Waals surface area contributed by atoms with Crippen molar-refractivity contribution in [1.82, 2.24) is 14.9 Å². The lowest BCUT2D eigenvalue weighted by molar-refractivity contribution is 0.355. The zero-order chi connectivity index (χ0) is 20.1. The fraction of sp³-hybridized carbons (Fsp3) is 0.211. The molecule has 2 aromatic carbocycles. The van der Waals surface area contributed by atoms with E-state index in [0.29, 0.717) is 33.6 Å². The number of nitrogens with one attached hydrogen (secondary N) is 1. The number of H-pyrrole nitrogens is 1. The van der Waals surface area contributed by atoms with Crippen molar-refractivity contribution in [1.29, 1.82) is 0 Å². The Balaban J connectivity index is 2.01. The van der Waals surface area contributed by atoms with E-state index in [-0.39, 0.29) is 0 Å². The van der Waals surface area contributed by atoms with E-state index < -0.39 is 0 Å². The van der Waals surface area contributed by atoms with Crippen molar-refractivity contribution >= 4 is 18.4 Å². The third-order valence-electron chi connectivity index (χ3n) is 4.03. The molecule has 0 aliphatic heterocycles. The molecule has 0 spiro atoms. The molecule has 0 radical (unpaired) electrons. The largest absolute Gasteiger partial charge is 0.497 e. The van der Waals surface area contributed by atoms with Gasteiger partial charge in [0.1, 0.15) is 11.5 Å². The van der Waals surface area contributed by atoms with Gasteiger partial charge in [0.2, 0.25) is 4.77 Å². The Morgan fingerprint density at radius 2 is 1.68 bits per heavy atom. The summed E-state index contributed by atoms with van der Waals surface area (Å²) in [7, 11) is 6.35. The quantitative estimate of drug-likeness (QED) is 0.483. The first-order chi connectivity index (χ1) is 13.6. The number of benzene rings is 2. The minimum atomic E-state index is 0.351. The lowest BCUT2D eigenvalue weighted by atomic mass is 10.2. The summed E-state index contributed by atoms with van der Waals surface area (Å²) in [6.07, 6.45) is 1.66. The number of ether oxygens (including phenoxy) is 4. The summed E-state index contributed by atoms with van der Waals surface area (Å²) in [5, 5.41) is 11.5. The third kappa shape index (κ3) is 3.84. The molecule has 0 bridgehead atoms. The van der Waals surface area contributed by atoms with E-state index >= 15 is 0 Å². The molecule has 0 amide bonds. The average Bonchev–Trinajstić information content (AvgIpc) is 3.11. The highest BCUT2D eigenvalue weighted by Crippen LogP contribution is 2.32. The second-order valence-electron chi connectivity index (χ2n) is 5.59. The number of rotatable bonds is 7. The molecule has 1 N–H and O–H groups in total. The third-order valence-corrected chi connectivity index (χ3v) is 4.29. The summed E-state index contributed by atoms with van der Waals surface area (Å²) in [6.45, 7) is 0. The van der Waals surface area contributed by atoms with Crippen molar-refractivity contribution < 1.29 is 18.9 Å². The summed E-state index contributed by atoms with van der Waals surface area (Å²) in [4.78, 5) is 0. The Hall–Kier alpha value is -3.33. The average molecular weight is 400 g/mol. The maximum Gasteiger partial charge on any atom is 0.216 e. The molecule has 0 aliphatic rings. The molecule has 1 aromatic heterocycles. The highest BCUT2D eigenvalue weighted by Gasteiger charge is 2.14. The molecular formula is C19H20N4O4S. The molecule has 8 nitrogen and oxygen atoms in total. The SMILES string of the molecule is COc1ccc(-c2n[nH]c(=S)n2/N=C\c2ccc(OC)c(OC)c2)c(OC)c1. The van der Waals surface area contributed by atoms with Gasteiger partial charge < -0.3 is 18.9 Å². The molecule has 0 aliphatic carbocycles. The van der Waals surface area contributed by atoms with Crippen LogP contribution in [0.25, 0.3) is 11.4 Å². The summed E-state index contributed by atoms with van der Waals surface area (Å²) in [5.74, 6) is 3.04. The fourth-order valence-electron chi connectivity index (χ4n) is 2.61. The number of aromatic amines is 1. The van der Waals surface area contributed by atoms with E-state index in [9.17, 15) is 0 Å². The van der Waals surface area contributed by atoms with Crippen molar-refractivity contribution in [3.63, 3.8) is 0 Å². The van der Waals surface area contributed by atoms with Crippen LogP contribution in [0.1, 0.15) is 5.56 Å². The molecule has 0 unspecified atom stereocenters. The summed E-state index contributed by atoms with van der Waals surface area (Å²) in [6, 6.07) is 10.9. The number of nitrogens with zero attached hydrogens (tertiary/aromatic N) is 3. The van der Waals surface area contributed by atoms with E-state index in [2.05, 4.69) is 15.3 Å². The standard InChI is InChI=1S/C19H20N4O4S/c1-24-13-6-7-14(16(10-13)26-3)18-21-22-19(28)23(18)20-11-12-5-8-15(25-2)17(9-12)27-4/h5-11H,1-4H3,(H,22,28)/b20-11-. The normalized spacial score (nSPS) is 10.9. The minimum absolute atomic E-state index is 0.351. The lowest BCUT2D eigenvalue weighted by Crippen LogP contribution is -1.98. The van der Waals surface area contributed by atoms with Crippen molar-refractivity contribution in [2.45, 2.75) is 0 Å². The smallest absolute Gasteiger partial charge is 0.216 e. The van der Waals surface area contributed by atoms with Gasteiger partial charge in [-0.2, -0.15) is 14.9 Å². The van der Waals surface area contributed by atoms with Crippen LogP contribution in [0, 0.1) is 4.77 Å². The number of hydrogen-bond donors (Lipinski definition) is 1. The highest BCUT2D eigenvalue weighted by atomic mass is 32.1. The van der Waals surface area contributed by atoms with Gasteiger partial charge >= 0.3 is 0 Å². The van der Waals surface area contributed by atoms with Gasteiger partial charge in [-0.1, -0.05) is 0 Å². The van der Waals surface area contributed by atoms with Gasteiger partial charge in [0, 0.05) is 6.07 Å². The highest BCUT2D eigenvalue weighted by molar-refractivity contribution is 7.71. The monoisotopic (exact) mass is 400 g/mol. The van der Waals surface area contributed by atoms with Gasteiger partial charge in [-0.25, -0.2) is 5.10 Å². The van der Waals surface area contributed by atoms with Crippen molar-refractivity contribution in [3.05, 3.63) is 46.7 Å². The van der Waals surface area contributed by atoms with Gasteiger partial charge in [0.05, 0.1) is 40.2 Å². The van der Waals surface area contributed by atoms with Crippen LogP contribution < -0.4 is 18.9 Å². The first-order valence-electron chi connectivity index (χ1n) is 8.27. The van der Waals surface area contributed by atoms with Crippen LogP contribution in [-0.2, 0) is 0 Å². The zero-order valence-electron chi connectivity index (χ0n) is 15.9. The molecule has 0 saturated carbocycles. The zero-order valence-corrected chi connectivity index (χ0v) is 16.7. The number of methoxy groups -OCH3 is 4. The van der Waals surface area contributed by atoms with Gasteiger partial charge in [-0.15, -0.1) is 0 Å². The molecule has 1 heterocycles. The van der Waals surface area contributed by atoms with E-state index in [0.717, 1.165) is 11.1 Å². The second-order valence-corrected chi connectivity index (χ2v) is 5.98. The Labute approximate surface area is 167 Å². The summed E-state index contributed by atoms with van der Waals surface area (Å²) >= 11 is 5.33. The fourth-order valence-corrected chi connectivity index (χ4v) is 2.79. The molecule has 146 valence electrons. The van der Waals surface area contributed by atoms with E-state index in [1.807, 2.05) is 30.3 Å². The molecule has 0 atom stereocenters. The predicted molar refractivity (Wildman–Crippen MR) is 108 cm³/mol. The van der Waals surface area contributed by atoms with E-state index in [1.54, 1.807) is 40.7 Å². The van der Waals surface area contributed by atoms with Crippen molar-refractivity contribution in [2.75, 3.05) is 28.4 Å². The maximum absolute atomic E-state index is 5.46. The minimum Gasteiger partial charge on any atom is -0.497 e. The van der Waals surface area contributed by atoms with Gasteiger partial charge in [0.15, 0.2) is 17.3 Å². The second kappa shape index (κ2) is 8.57. The van der Waals surface area contributed by atoms with E-state index in [1.165, 1.54) is 4.68 Å². The van der Waals surface area contributed by atoms with Crippen LogP contribution in [0.5, 0.6) is 23.0 Å². The Kier molecular flexibility index (Phi) is 5.95. The number of hydrogen-bond acceptors (Lipinski definition) is 7. The van der Waals surface area contributed by atoms with Gasteiger partial charge in [-0.05, 0) is 48.1 Å². The number of aromatic nitrogens is 3. The lowest BCUT2D eigenvalue weighted by Gasteiger charge is -2.09. The molecule has 3 aromatic rings. The molecule has 28 heavy (non-hydrogen) atoms. The van der Waals surface area contributed by atoms with Crippen LogP contribution in [0.4, 0.5) is 0 Å². The van der Waals surface area contributed by atoms with E-state index in [4.69, 9.17) is 31.2 Å². The predicted octanol–water partition coefficient (Wildman–Crippen LogP) is 3.52. The summed E-state index contributed by atoms with van der Waals surface area (Å²) < 4.78 is 23.2. The van der Waals surface area contributed by atoms with Gasteiger partial charge in [0.25, 0.3) is 0 Å². The molecule has 0 saturated heterocycles. The van der Waals surface area contributed by atoms with Crippen molar-refractivity contribution in [3.8, 4) is 34.4 Å². The Morgan fingerprint density at radius 1 is 0.929 bits per heavy atom. The summed E-state index contributed by atoms with van der Waals surface area (Å²) in [5.41, 5.74) is 1.54. The Bertz CT molecular complexity index is 1060. The Morgan fingerprint density at radius 3 is 2.36 bits per heavy atom. The first kappa shape index (κ1) is 19.4. The van der Waals surface area contributed by atoms with Crippen LogP contribution in [0.15, 0.2) is 41.5 Å². The molecule has 0 fully saturated rings. The van der Waals surface area contributed by atoms with Crippen LogP contribution in [-0.4, -0.2) is 49.5 Å². The van der Waals surface area contributed by atoms with Crippen LogP contribution in [0.2, 0.25) is 0 Å². The van der Waals surface area contributed by atoms with Crippen LogP contribution >= 0.6 is 12.2 Å². The van der Waals surface area contributed by atoms with Gasteiger partial charge in [-0.3, -0.25) is 0 Å². The topological polar surface area (TPSA) is 82.9 Å².